The summed E-state index contributed by atoms with van der Waals surface area (Å²) >= 11 is 0. The standard InChI is InChI=1S/C11H12N4O2/c12-6-11(2-3-11)9-5-8(15-17-9)7-1-4-13-10(16)14-7/h1,4-5H,2-3,6,12H2,(H,13,14,16). The third-order valence-electron chi connectivity index (χ3n) is 3.23. The smallest absolute Gasteiger partial charge is 0.345 e. The highest BCUT2D eigenvalue weighted by Gasteiger charge is 2.46. The Kier molecular flexibility index (Phi) is 2.12. The lowest BCUT2D eigenvalue weighted by atomic mass is 10.0. The van der Waals surface area contributed by atoms with Gasteiger partial charge in [-0.15, -0.1) is 0 Å². The molecule has 6 heteroatoms. The van der Waals surface area contributed by atoms with E-state index < -0.39 is 5.69 Å². The lowest BCUT2D eigenvalue weighted by Gasteiger charge is -2.04. The Labute approximate surface area is 96.8 Å². The van der Waals surface area contributed by atoms with E-state index in [2.05, 4.69) is 15.1 Å². The fourth-order valence-corrected chi connectivity index (χ4v) is 1.87. The zero-order chi connectivity index (χ0) is 11.9. The van der Waals surface area contributed by atoms with Crippen LogP contribution in [-0.4, -0.2) is 21.7 Å². The molecule has 2 aromatic rings. The Morgan fingerprint density at radius 1 is 1.53 bits per heavy atom. The summed E-state index contributed by atoms with van der Waals surface area (Å²) < 4.78 is 5.30. The molecule has 0 aliphatic heterocycles. The summed E-state index contributed by atoms with van der Waals surface area (Å²) in [4.78, 5) is 17.3. The van der Waals surface area contributed by atoms with Crippen molar-refractivity contribution in [1.29, 1.82) is 0 Å². The molecule has 0 spiro atoms. The first-order valence-corrected chi connectivity index (χ1v) is 5.46. The monoisotopic (exact) mass is 232 g/mol. The highest BCUT2D eigenvalue weighted by Crippen LogP contribution is 2.47. The minimum atomic E-state index is -0.396. The van der Waals surface area contributed by atoms with Crippen molar-refractivity contribution in [3.63, 3.8) is 0 Å². The van der Waals surface area contributed by atoms with E-state index in [4.69, 9.17) is 10.3 Å². The van der Waals surface area contributed by atoms with Crippen LogP contribution in [0.2, 0.25) is 0 Å². The first kappa shape index (κ1) is 10.2. The molecule has 3 N–H and O–H groups in total. The van der Waals surface area contributed by atoms with E-state index in [1.165, 1.54) is 6.20 Å². The zero-order valence-electron chi connectivity index (χ0n) is 9.14. The number of hydrogen-bond donors (Lipinski definition) is 2. The highest BCUT2D eigenvalue weighted by atomic mass is 16.5. The van der Waals surface area contributed by atoms with E-state index in [1.54, 1.807) is 6.07 Å². The van der Waals surface area contributed by atoms with Crippen LogP contribution in [-0.2, 0) is 5.41 Å². The lowest BCUT2D eigenvalue weighted by Crippen LogP contribution is -2.18. The normalized spacial score (nSPS) is 17.0. The molecule has 1 aliphatic rings. The predicted molar refractivity (Wildman–Crippen MR) is 60.3 cm³/mol. The molecular formula is C11H12N4O2. The van der Waals surface area contributed by atoms with Crippen LogP contribution in [0.5, 0.6) is 0 Å². The summed E-state index contributed by atoms with van der Waals surface area (Å²) in [6.45, 7) is 0.564. The zero-order valence-corrected chi connectivity index (χ0v) is 9.14. The van der Waals surface area contributed by atoms with Crippen LogP contribution in [0.15, 0.2) is 27.6 Å². The molecule has 1 saturated carbocycles. The van der Waals surface area contributed by atoms with Crippen molar-refractivity contribution in [1.82, 2.24) is 15.1 Å². The third kappa shape index (κ3) is 1.66. The van der Waals surface area contributed by atoms with E-state index in [1.807, 2.05) is 6.07 Å². The molecule has 0 aromatic carbocycles. The lowest BCUT2D eigenvalue weighted by molar-refractivity contribution is 0.355. The van der Waals surface area contributed by atoms with E-state index in [-0.39, 0.29) is 5.41 Å². The molecule has 2 heterocycles. The topological polar surface area (TPSA) is 97.8 Å². The van der Waals surface area contributed by atoms with Crippen LogP contribution >= 0.6 is 0 Å². The maximum absolute atomic E-state index is 11.1. The number of hydrogen-bond acceptors (Lipinski definition) is 5. The summed E-state index contributed by atoms with van der Waals surface area (Å²) in [5, 5.41) is 3.95. The average Bonchev–Trinajstić information content (AvgIpc) is 2.99. The Morgan fingerprint density at radius 3 is 3.00 bits per heavy atom. The van der Waals surface area contributed by atoms with E-state index >= 15 is 0 Å². The van der Waals surface area contributed by atoms with Crippen molar-refractivity contribution >= 4 is 0 Å². The van der Waals surface area contributed by atoms with Crippen LogP contribution in [0.25, 0.3) is 11.4 Å². The Balaban J connectivity index is 1.98. The fraction of sp³-hybridized carbons (Fsp3) is 0.364. The molecule has 0 unspecified atom stereocenters. The van der Waals surface area contributed by atoms with Crippen LogP contribution in [0.4, 0.5) is 0 Å². The Hall–Kier alpha value is -1.95. The summed E-state index contributed by atoms with van der Waals surface area (Å²) in [7, 11) is 0. The minimum Gasteiger partial charge on any atom is -0.360 e. The Morgan fingerprint density at radius 2 is 2.35 bits per heavy atom. The van der Waals surface area contributed by atoms with E-state index in [9.17, 15) is 4.79 Å². The van der Waals surface area contributed by atoms with E-state index in [0.717, 1.165) is 18.6 Å². The first-order chi connectivity index (χ1) is 8.23. The van der Waals surface area contributed by atoms with Crippen molar-refractivity contribution in [3.8, 4) is 11.4 Å². The molecule has 0 atom stereocenters. The van der Waals surface area contributed by atoms with Crippen LogP contribution in [0, 0.1) is 0 Å². The quantitative estimate of drug-likeness (QED) is 0.799. The van der Waals surface area contributed by atoms with Gasteiger partial charge in [-0.25, -0.2) is 9.78 Å². The van der Waals surface area contributed by atoms with Crippen LogP contribution in [0.1, 0.15) is 18.6 Å². The second kappa shape index (κ2) is 3.53. The number of aromatic nitrogens is 3. The minimum absolute atomic E-state index is 0.0292. The predicted octanol–water partition coefficient (Wildman–Crippen LogP) is 0.415. The summed E-state index contributed by atoms with van der Waals surface area (Å²) in [5.41, 5.74) is 6.51. The van der Waals surface area contributed by atoms with E-state index in [0.29, 0.717) is 17.9 Å². The van der Waals surface area contributed by atoms with Gasteiger partial charge in [0.2, 0.25) is 0 Å². The second-order valence-corrected chi connectivity index (χ2v) is 4.35. The van der Waals surface area contributed by atoms with Gasteiger partial charge in [0.25, 0.3) is 0 Å². The number of rotatable bonds is 3. The molecule has 0 amide bonds. The molecule has 0 bridgehead atoms. The molecule has 2 aromatic heterocycles. The molecule has 17 heavy (non-hydrogen) atoms. The van der Waals surface area contributed by atoms with Gasteiger partial charge in [-0.1, -0.05) is 5.16 Å². The largest absolute Gasteiger partial charge is 0.360 e. The summed E-state index contributed by atoms with van der Waals surface area (Å²) in [5.74, 6) is 0.799. The van der Waals surface area contributed by atoms with Crippen molar-refractivity contribution in [2.45, 2.75) is 18.3 Å². The highest BCUT2D eigenvalue weighted by molar-refractivity contribution is 5.53. The van der Waals surface area contributed by atoms with Gasteiger partial charge in [-0.3, -0.25) is 0 Å². The van der Waals surface area contributed by atoms with Gasteiger partial charge in [-0.05, 0) is 18.9 Å². The number of aromatic amines is 1. The molecule has 3 rings (SSSR count). The molecule has 0 saturated heterocycles. The molecule has 0 radical (unpaired) electrons. The number of nitrogens with one attached hydrogen (secondary N) is 1. The van der Waals surface area contributed by atoms with Crippen molar-refractivity contribution < 1.29 is 4.52 Å². The third-order valence-corrected chi connectivity index (χ3v) is 3.23. The van der Waals surface area contributed by atoms with Crippen molar-refractivity contribution in [3.05, 3.63) is 34.6 Å². The SMILES string of the molecule is NCC1(c2cc(-c3ccnc(=O)[nH]3)no2)CC1. The van der Waals surface area contributed by atoms with Crippen molar-refractivity contribution in [2.24, 2.45) is 5.73 Å². The summed E-state index contributed by atoms with van der Waals surface area (Å²) in [6, 6.07) is 3.52. The number of nitrogens with two attached hydrogens (primary N) is 1. The average molecular weight is 232 g/mol. The number of H-pyrrole nitrogens is 1. The van der Waals surface area contributed by atoms with Crippen LogP contribution in [0.3, 0.4) is 0 Å². The maximum atomic E-state index is 11.1. The van der Waals surface area contributed by atoms with Crippen LogP contribution < -0.4 is 11.4 Å². The molecule has 6 nitrogen and oxygen atoms in total. The Bertz CT molecular complexity index is 597. The molecular weight excluding hydrogens is 220 g/mol. The van der Waals surface area contributed by atoms with Gasteiger partial charge in [-0.2, -0.15) is 0 Å². The first-order valence-electron chi connectivity index (χ1n) is 5.46. The fourth-order valence-electron chi connectivity index (χ4n) is 1.87. The summed E-state index contributed by atoms with van der Waals surface area (Å²) in [6.07, 6.45) is 3.51. The second-order valence-electron chi connectivity index (χ2n) is 4.35. The van der Waals surface area contributed by atoms with Gasteiger partial charge in [0.05, 0.1) is 5.69 Å². The molecule has 88 valence electrons. The molecule has 1 fully saturated rings. The maximum Gasteiger partial charge on any atom is 0.345 e. The number of nitrogens with zero attached hydrogens (tertiary/aromatic N) is 2. The van der Waals surface area contributed by atoms with Gasteiger partial charge >= 0.3 is 5.69 Å². The van der Waals surface area contributed by atoms with Gasteiger partial charge in [0.15, 0.2) is 0 Å². The van der Waals surface area contributed by atoms with Gasteiger partial charge < -0.3 is 15.2 Å². The van der Waals surface area contributed by atoms with Crippen molar-refractivity contribution in [2.75, 3.05) is 6.54 Å². The van der Waals surface area contributed by atoms with Gasteiger partial charge in [0, 0.05) is 24.2 Å². The van der Waals surface area contributed by atoms with Gasteiger partial charge in [0.1, 0.15) is 11.5 Å². The molecule has 1 aliphatic carbocycles.